The van der Waals surface area contributed by atoms with E-state index in [1.807, 2.05) is 6.07 Å². The fraction of sp³-hybridized carbons (Fsp3) is 0.323. The van der Waals surface area contributed by atoms with Crippen LogP contribution >= 0.6 is 0 Å². The van der Waals surface area contributed by atoms with Gasteiger partial charge in [0.25, 0.3) is 0 Å². The predicted octanol–water partition coefficient (Wildman–Crippen LogP) is 6.81. The van der Waals surface area contributed by atoms with Crippen LogP contribution in [-0.4, -0.2) is 49.5 Å². The molecule has 0 saturated carbocycles. The average Bonchev–Trinajstić information content (AvgIpc) is 3.34. The number of para-hydroxylation sites is 1. The van der Waals surface area contributed by atoms with Crippen LogP contribution in [0, 0.1) is 0 Å². The van der Waals surface area contributed by atoms with E-state index in [2.05, 4.69) is 20.3 Å². The number of rotatable bonds is 5. The van der Waals surface area contributed by atoms with Gasteiger partial charge in [0.05, 0.1) is 16.9 Å². The van der Waals surface area contributed by atoms with Crippen molar-refractivity contribution in [3.8, 4) is 22.9 Å². The lowest BCUT2D eigenvalue weighted by molar-refractivity contribution is -0.137. The lowest BCUT2D eigenvalue weighted by atomic mass is 10.0. The number of ether oxygens (including phenoxy) is 2. The number of fused-ring (bicyclic) bond motifs is 1. The van der Waals surface area contributed by atoms with Crippen LogP contribution in [0.5, 0.6) is 11.6 Å². The van der Waals surface area contributed by atoms with Crippen molar-refractivity contribution in [3.05, 3.63) is 66.5 Å². The van der Waals surface area contributed by atoms with Gasteiger partial charge in [0, 0.05) is 23.1 Å². The standard InChI is InChI=1S/C31H31F3N6O4/c1-17-8-12-23(40(17)29(42)44-30(2,3)4)28(41)38-22-14-19(31(32,33)34)10-11-20(22)21-15-26(37-16-36-21)43-24-7-5-6-18-9-13-25(35)39-27(18)24/h5-7,9-11,13-17,23H,8,12H2,1-4H3,(H2,35,39)(H,38,41). The first-order valence-electron chi connectivity index (χ1n) is 13.9. The second-order valence-corrected chi connectivity index (χ2v) is 11.5. The van der Waals surface area contributed by atoms with E-state index in [0.717, 1.165) is 17.5 Å². The highest BCUT2D eigenvalue weighted by Crippen LogP contribution is 2.37. The van der Waals surface area contributed by atoms with Gasteiger partial charge in [-0.2, -0.15) is 13.2 Å². The number of nitrogens with zero attached hydrogens (tertiary/aromatic N) is 4. The van der Waals surface area contributed by atoms with E-state index >= 15 is 0 Å². The number of nitrogens with two attached hydrogens (primary N) is 1. The maximum atomic E-state index is 13.7. The van der Waals surface area contributed by atoms with Crippen LogP contribution in [0.25, 0.3) is 22.2 Å². The molecule has 0 aliphatic carbocycles. The first-order chi connectivity index (χ1) is 20.7. The molecule has 44 heavy (non-hydrogen) atoms. The number of pyridine rings is 1. The summed E-state index contributed by atoms with van der Waals surface area (Å²) in [5, 5.41) is 3.40. The zero-order valence-corrected chi connectivity index (χ0v) is 24.5. The Morgan fingerprint density at radius 3 is 2.52 bits per heavy atom. The summed E-state index contributed by atoms with van der Waals surface area (Å²) in [6.45, 7) is 6.92. The summed E-state index contributed by atoms with van der Waals surface area (Å²) in [6.07, 6.45) is -3.31. The number of nitrogens with one attached hydrogen (secondary N) is 1. The molecule has 3 heterocycles. The van der Waals surface area contributed by atoms with Crippen molar-refractivity contribution < 1.29 is 32.2 Å². The van der Waals surface area contributed by atoms with Crippen molar-refractivity contribution in [3.63, 3.8) is 0 Å². The SMILES string of the molecule is CC1CCC(C(=O)Nc2cc(C(F)(F)F)ccc2-c2cc(Oc3cccc4ccc(N)nc34)ncn2)N1C(=O)OC(C)(C)C. The van der Waals surface area contributed by atoms with Crippen molar-refractivity contribution in [1.29, 1.82) is 0 Å². The van der Waals surface area contributed by atoms with Gasteiger partial charge < -0.3 is 20.5 Å². The molecule has 2 aromatic carbocycles. The smallest absolute Gasteiger partial charge is 0.416 e. The number of carbonyl (C=O) groups excluding carboxylic acids is 2. The lowest BCUT2D eigenvalue weighted by Gasteiger charge is -2.31. The van der Waals surface area contributed by atoms with E-state index in [4.69, 9.17) is 15.2 Å². The van der Waals surface area contributed by atoms with Crippen molar-refractivity contribution >= 4 is 34.4 Å². The Labute approximate surface area is 251 Å². The molecule has 3 N–H and O–H groups in total. The summed E-state index contributed by atoms with van der Waals surface area (Å²) in [7, 11) is 0. The second kappa shape index (κ2) is 11.6. The summed E-state index contributed by atoms with van der Waals surface area (Å²) in [6, 6.07) is 11.9. The molecular formula is C31H31F3N6O4. The third-order valence-corrected chi connectivity index (χ3v) is 7.02. The highest BCUT2D eigenvalue weighted by atomic mass is 19.4. The van der Waals surface area contributed by atoms with E-state index in [0.29, 0.717) is 29.9 Å². The number of alkyl halides is 3. The van der Waals surface area contributed by atoms with E-state index in [1.165, 1.54) is 23.4 Å². The number of carbonyl (C=O) groups is 2. The van der Waals surface area contributed by atoms with Gasteiger partial charge >= 0.3 is 12.3 Å². The summed E-state index contributed by atoms with van der Waals surface area (Å²) in [5.74, 6) is 0.0947. The first kappa shape index (κ1) is 30.5. The molecule has 0 radical (unpaired) electrons. The van der Waals surface area contributed by atoms with Gasteiger partial charge in [-0.3, -0.25) is 9.69 Å². The number of anilines is 2. The third-order valence-electron chi connectivity index (χ3n) is 7.02. The van der Waals surface area contributed by atoms with Crippen LogP contribution < -0.4 is 15.8 Å². The van der Waals surface area contributed by atoms with E-state index in [1.54, 1.807) is 52.0 Å². The molecule has 10 nitrogen and oxygen atoms in total. The number of hydrogen-bond donors (Lipinski definition) is 2. The van der Waals surface area contributed by atoms with E-state index in [-0.39, 0.29) is 28.9 Å². The molecule has 13 heteroatoms. The lowest BCUT2D eigenvalue weighted by Crippen LogP contribution is -2.48. The monoisotopic (exact) mass is 608 g/mol. The number of nitrogen functional groups attached to an aromatic ring is 1. The average molecular weight is 609 g/mol. The minimum atomic E-state index is -4.68. The number of benzene rings is 2. The molecule has 230 valence electrons. The Morgan fingerprint density at radius 2 is 1.80 bits per heavy atom. The Morgan fingerprint density at radius 1 is 1.02 bits per heavy atom. The van der Waals surface area contributed by atoms with Crippen LogP contribution in [0.2, 0.25) is 0 Å². The molecule has 1 saturated heterocycles. The summed E-state index contributed by atoms with van der Waals surface area (Å²) >= 11 is 0. The van der Waals surface area contributed by atoms with E-state index < -0.39 is 35.4 Å². The molecule has 2 unspecified atom stereocenters. The molecule has 0 spiro atoms. The van der Waals surface area contributed by atoms with Gasteiger partial charge in [-0.25, -0.2) is 19.7 Å². The molecule has 1 aliphatic heterocycles. The third kappa shape index (κ3) is 6.66. The van der Waals surface area contributed by atoms with Crippen LogP contribution in [0.15, 0.2) is 60.9 Å². The van der Waals surface area contributed by atoms with Gasteiger partial charge in [0.2, 0.25) is 11.8 Å². The van der Waals surface area contributed by atoms with Gasteiger partial charge in [-0.1, -0.05) is 18.2 Å². The Balaban J connectivity index is 1.48. The van der Waals surface area contributed by atoms with Gasteiger partial charge in [0.1, 0.15) is 29.3 Å². The molecule has 1 fully saturated rings. The van der Waals surface area contributed by atoms with Crippen molar-refractivity contribution in [2.24, 2.45) is 0 Å². The van der Waals surface area contributed by atoms with Crippen LogP contribution in [0.3, 0.4) is 0 Å². The zero-order chi connectivity index (χ0) is 31.8. The maximum Gasteiger partial charge on any atom is 0.416 e. The highest BCUT2D eigenvalue weighted by Gasteiger charge is 2.41. The topological polar surface area (TPSA) is 133 Å². The Bertz CT molecular complexity index is 1720. The molecular weight excluding hydrogens is 577 g/mol. The zero-order valence-electron chi connectivity index (χ0n) is 24.5. The number of amides is 2. The predicted molar refractivity (Wildman–Crippen MR) is 158 cm³/mol. The summed E-state index contributed by atoms with van der Waals surface area (Å²) in [5.41, 5.74) is 4.83. The van der Waals surface area contributed by atoms with Crippen molar-refractivity contribution in [1.82, 2.24) is 19.9 Å². The van der Waals surface area contributed by atoms with Gasteiger partial charge in [-0.15, -0.1) is 0 Å². The van der Waals surface area contributed by atoms with Crippen LogP contribution in [0.4, 0.5) is 29.5 Å². The molecule has 0 bridgehead atoms. The summed E-state index contributed by atoms with van der Waals surface area (Å²) < 4.78 is 52.7. The largest absolute Gasteiger partial charge is 0.444 e. The number of aromatic nitrogens is 3. The highest BCUT2D eigenvalue weighted by molar-refractivity contribution is 6.00. The minimum absolute atomic E-state index is 0.0876. The number of halogens is 3. The second-order valence-electron chi connectivity index (χ2n) is 11.5. The van der Waals surface area contributed by atoms with Crippen molar-refractivity contribution in [2.45, 2.75) is 64.4 Å². The van der Waals surface area contributed by atoms with Gasteiger partial charge in [0.15, 0.2) is 5.75 Å². The van der Waals surface area contributed by atoms with E-state index in [9.17, 15) is 22.8 Å². The molecule has 5 rings (SSSR count). The van der Waals surface area contributed by atoms with Gasteiger partial charge in [-0.05, 0) is 70.9 Å². The Kier molecular flexibility index (Phi) is 8.06. The molecule has 2 aromatic heterocycles. The minimum Gasteiger partial charge on any atom is -0.444 e. The molecule has 2 amide bonds. The normalized spacial score (nSPS) is 17.0. The fourth-order valence-electron chi connectivity index (χ4n) is 5.00. The summed E-state index contributed by atoms with van der Waals surface area (Å²) in [4.78, 5) is 40.5. The molecule has 1 aliphatic rings. The molecule has 2 atom stereocenters. The maximum absolute atomic E-state index is 13.7. The fourth-order valence-corrected chi connectivity index (χ4v) is 5.00. The number of hydrogen-bond acceptors (Lipinski definition) is 8. The quantitative estimate of drug-likeness (QED) is 0.253. The van der Waals surface area contributed by atoms with Crippen molar-refractivity contribution in [2.75, 3.05) is 11.1 Å². The van der Waals surface area contributed by atoms with Crippen LogP contribution in [-0.2, 0) is 15.7 Å². The first-order valence-corrected chi connectivity index (χ1v) is 13.9. The molecule has 4 aromatic rings. The number of likely N-dealkylation sites (tertiary alicyclic amines) is 1. The van der Waals surface area contributed by atoms with Crippen LogP contribution in [0.1, 0.15) is 46.1 Å². The Hall–Kier alpha value is -4.94.